The van der Waals surface area contributed by atoms with Gasteiger partial charge in [-0.1, -0.05) is 54.1 Å². The first-order valence-electron chi connectivity index (χ1n) is 7.92. The highest BCUT2D eigenvalue weighted by molar-refractivity contribution is 6.30. The van der Waals surface area contributed by atoms with Gasteiger partial charge in [0.05, 0.1) is 10.7 Å². The van der Waals surface area contributed by atoms with Gasteiger partial charge in [0.15, 0.2) is 5.82 Å². The van der Waals surface area contributed by atoms with Gasteiger partial charge in [0.2, 0.25) is 0 Å². The van der Waals surface area contributed by atoms with Crippen LogP contribution in [0.4, 0.5) is 11.5 Å². The van der Waals surface area contributed by atoms with E-state index in [2.05, 4.69) is 10.2 Å². The highest BCUT2D eigenvalue weighted by Gasteiger charge is 2.14. The molecule has 0 atom stereocenters. The zero-order chi connectivity index (χ0) is 17.2. The molecule has 2 heterocycles. The lowest BCUT2D eigenvalue weighted by molar-refractivity contribution is 1.10. The van der Waals surface area contributed by atoms with Crippen LogP contribution in [0.15, 0.2) is 83.2 Å². The number of aromatic nitrogens is 2. The Kier molecular flexibility index (Phi) is 4.04. The molecule has 4 aromatic rings. The summed E-state index contributed by atoms with van der Waals surface area (Å²) in [6, 6.07) is 21.6. The minimum atomic E-state index is 0.622. The maximum absolute atomic E-state index is 6.16. The van der Waals surface area contributed by atoms with Crippen molar-refractivity contribution in [2.45, 2.75) is 6.92 Å². The number of pyridine rings is 1. The van der Waals surface area contributed by atoms with E-state index in [4.69, 9.17) is 16.6 Å². The largest absolute Gasteiger partial charge is 0.281 e. The number of aryl methyl sites for hydroxylation is 1. The molecule has 0 aliphatic heterocycles. The van der Waals surface area contributed by atoms with Gasteiger partial charge in [-0.05, 0) is 36.8 Å². The average Bonchev–Trinajstić information content (AvgIpc) is 2.98. The molecule has 0 aliphatic carbocycles. The number of fused-ring (bicyclic) bond motifs is 1. The fraction of sp³-hybridized carbons (Fsp3) is 0.0500. The highest BCUT2D eigenvalue weighted by atomic mass is 35.5. The third-order valence-corrected chi connectivity index (χ3v) is 4.09. The van der Waals surface area contributed by atoms with Crippen molar-refractivity contribution in [3.63, 3.8) is 0 Å². The maximum Gasteiger partial charge on any atom is 0.187 e. The molecule has 0 radical (unpaired) electrons. The summed E-state index contributed by atoms with van der Waals surface area (Å²) >= 11 is 6.16. The van der Waals surface area contributed by atoms with E-state index in [0.717, 1.165) is 28.2 Å². The van der Waals surface area contributed by atoms with Crippen LogP contribution in [0.1, 0.15) is 5.56 Å². The van der Waals surface area contributed by atoms with E-state index < -0.39 is 0 Å². The molecule has 0 N–H and O–H groups in total. The Bertz CT molecular complexity index is 1070. The van der Waals surface area contributed by atoms with E-state index >= 15 is 0 Å². The molecule has 0 spiro atoms. The molecular formula is C20H15ClN4. The molecule has 5 heteroatoms. The van der Waals surface area contributed by atoms with Crippen molar-refractivity contribution in [2.75, 3.05) is 0 Å². The summed E-state index contributed by atoms with van der Waals surface area (Å²) in [7, 11) is 0. The number of hydrogen-bond acceptors (Lipinski definition) is 3. The van der Waals surface area contributed by atoms with Crippen LogP contribution in [0, 0.1) is 6.92 Å². The first-order valence-corrected chi connectivity index (χ1v) is 8.30. The third-order valence-electron chi connectivity index (χ3n) is 3.87. The average molecular weight is 347 g/mol. The van der Waals surface area contributed by atoms with Crippen LogP contribution in [0.5, 0.6) is 0 Å². The molecule has 0 aliphatic rings. The molecule has 0 unspecified atom stereocenters. The summed E-state index contributed by atoms with van der Waals surface area (Å²) in [6.45, 7) is 2.03. The second-order valence-corrected chi connectivity index (χ2v) is 6.20. The van der Waals surface area contributed by atoms with Crippen molar-refractivity contribution in [1.82, 2.24) is 9.38 Å². The molecule has 4 rings (SSSR count). The Morgan fingerprint density at radius 2 is 1.76 bits per heavy atom. The van der Waals surface area contributed by atoms with E-state index in [1.54, 1.807) is 6.20 Å². The normalized spacial score (nSPS) is 11.4. The molecule has 2 aromatic carbocycles. The number of halogens is 1. The molecule has 4 nitrogen and oxygen atoms in total. The summed E-state index contributed by atoms with van der Waals surface area (Å²) in [6.07, 6.45) is 1.81. The molecule has 0 saturated carbocycles. The topological polar surface area (TPSA) is 42.0 Å². The summed E-state index contributed by atoms with van der Waals surface area (Å²) < 4.78 is 1.87. The van der Waals surface area contributed by atoms with Crippen molar-refractivity contribution in [2.24, 2.45) is 10.2 Å². The van der Waals surface area contributed by atoms with E-state index in [-0.39, 0.29) is 0 Å². The Hall–Kier alpha value is -2.98. The Labute approximate surface area is 150 Å². The fourth-order valence-electron chi connectivity index (χ4n) is 2.69. The fourth-order valence-corrected chi connectivity index (χ4v) is 2.85. The molecule has 25 heavy (non-hydrogen) atoms. The Morgan fingerprint density at radius 3 is 2.56 bits per heavy atom. The van der Waals surface area contributed by atoms with Gasteiger partial charge in [0.25, 0.3) is 0 Å². The monoisotopic (exact) mass is 346 g/mol. The van der Waals surface area contributed by atoms with Gasteiger partial charge in [-0.25, -0.2) is 4.98 Å². The Morgan fingerprint density at radius 1 is 0.920 bits per heavy atom. The quantitative estimate of drug-likeness (QED) is 0.397. The lowest BCUT2D eigenvalue weighted by atomic mass is 10.1. The van der Waals surface area contributed by atoms with Crippen LogP contribution in [0.3, 0.4) is 0 Å². The first kappa shape index (κ1) is 15.5. The molecule has 0 amide bonds. The van der Waals surface area contributed by atoms with Crippen molar-refractivity contribution >= 4 is 28.8 Å². The van der Waals surface area contributed by atoms with E-state index in [1.807, 2.05) is 78.1 Å². The zero-order valence-electron chi connectivity index (χ0n) is 13.6. The van der Waals surface area contributed by atoms with Crippen LogP contribution in [-0.4, -0.2) is 9.38 Å². The van der Waals surface area contributed by atoms with Crippen LogP contribution in [0.2, 0.25) is 5.02 Å². The van der Waals surface area contributed by atoms with Crippen LogP contribution in [0.25, 0.3) is 16.9 Å². The van der Waals surface area contributed by atoms with E-state index in [9.17, 15) is 0 Å². The van der Waals surface area contributed by atoms with E-state index in [1.165, 1.54) is 0 Å². The third kappa shape index (κ3) is 3.16. The van der Waals surface area contributed by atoms with Gasteiger partial charge in [0, 0.05) is 11.8 Å². The van der Waals surface area contributed by atoms with Crippen molar-refractivity contribution < 1.29 is 0 Å². The first-order chi connectivity index (χ1) is 12.2. The zero-order valence-corrected chi connectivity index (χ0v) is 14.4. The van der Waals surface area contributed by atoms with Crippen LogP contribution < -0.4 is 0 Å². The molecular weight excluding hydrogens is 332 g/mol. The van der Waals surface area contributed by atoms with Crippen LogP contribution in [-0.2, 0) is 0 Å². The minimum absolute atomic E-state index is 0.622. The van der Waals surface area contributed by atoms with E-state index in [0.29, 0.717) is 10.8 Å². The molecule has 122 valence electrons. The smallest absolute Gasteiger partial charge is 0.187 e. The number of nitrogens with zero attached hydrogens (tertiary/aromatic N) is 4. The van der Waals surface area contributed by atoms with Crippen molar-refractivity contribution in [3.8, 4) is 11.3 Å². The minimum Gasteiger partial charge on any atom is -0.281 e. The SMILES string of the molecule is Cc1cccc(N=Nc2c(-c3ccccc3)nc3ccc(Cl)cn23)c1. The number of benzene rings is 2. The van der Waals surface area contributed by atoms with Gasteiger partial charge in [-0.15, -0.1) is 10.2 Å². The summed E-state index contributed by atoms with van der Waals surface area (Å²) in [5.41, 5.74) is 4.48. The predicted octanol–water partition coefficient (Wildman–Crippen LogP) is 6.38. The summed E-state index contributed by atoms with van der Waals surface area (Å²) in [5, 5.41) is 9.51. The van der Waals surface area contributed by atoms with Gasteiger partial charge in [-0.2, -0.15) is 0 Å². The van der Waals surface area contributed by atoms with Gasteiger partial charge in [-0.3, -0.25) is 4.40 Å². The number of rotatable bonds is 3. The number of hydrogen-bond donors (Lipinski definition) is 0. The lowest BCUT2D eigenvalue weighted by Crippen LogP contribution is -1.83. The number of imidazole rings is 1. The van der Waals surface area contributed by atoms with Crippen molar-refractivity contribution in [3.05, 3.63) is 83.5 Å². The maximum atomic E-state index is 6.16. The second-order valence-electron chi connectivity index (χ2n) is 5.76. The second kappa shape index (κ2) is 6.49. The van der Waals surface area contributed by atoms with Gasteiger partial charge in [0.1, 0.15) is 11.3 Å². The summed E-state index contributed by atoms with van der Waals surface area (Å²) in [4.78, 5) is 4.70. The number of azo groups is 1. The molecule has 0 fully saturated rings. The molecule has 0 saturated heterocycles. The standard InChI is InChI=1S/C20H15ClN4/c1-14-6-5-9-17(12-14)23-24-20-19(15-7-3-2-4-8-15)22-18-11-10-16(21)13-25(18)20/h2-13H,1H3. The molecule has 2 aromatic heterocycles. The van der Waals surface area contributed by atoms with Crippen molar-refractivity contribution in [1.29, 1.82) is 0 Å². The lowest BCUT2D eigenvalue weighted by Gasteiger charge is -2.00. The Balaban J connectivity index is 1.89. The van der Waals surface area contributed by atoms with Gasteiger partial charge >= 0.3 is 0 Å². The summed E-state index contributed by atoms with van der Waals surface area (Å²) in [5.74, 6) is 0.658. The van der Waals surface area contributed by atoms with Gasteiger partial charge < -0.3 is 0 Å². The van der Waals surface area contributed by atoms with Crippen LogP contribution >= 0.6 is 11.6 Å². The molecule has 0 bridgehead atoms. The highest BCUT2D eigenvalue weighted by Crippen LogP contribution is 2.33. The predicted molar refractivity (Wildman–Crippen MR) is 101 cm³/mol.